The number of aryl methyl sites for hydroxylation is 1. The van der Waals surface area contributed by atoms with E-state index in [4.69, 9.17) is 0 Å². The van der Waals surface area contributed by atoms with Gasteiger partial charge in [0.05, 0.1) is 21.1 Å². The van der Waals surface area contributed by atoms with Crippen LogP contribution in [0.5, 0.6) is 0 Å². The molecule has 4 aromatic rings. The minimum Gasteiger partial charge on any atom is -0.355 e. The highest BCUT2D eigenvalue weighted by atomic mass is 32.1. The van der Waals surface area contributed by atoms with Crippen LogP contribution in [0.15, 0.2) is 46.8 Å². The van der Waals surface area contributed by atoms with Gasteiger partial charge < -0.3 is 4.90 Å². The summed E-state index contributed by atoms with van der Waals surface area (Å²) < 4.78 is 3.01. The maximum absolute atomic E-state index is 12.9. The molecule has 0 aliphatic carbocycles. The molecule has 1 aliphatic heterocycles. The maximum Gasteiger partial charge on any atom is 0.261 e. The molecule has 0 N–H and O–H groups in total. The zero-order valence-electron chi connectivity index (χ0n) is 15.7. The summed E-state index contributed by atoms with van der Waals surface area (Å²) in [6.07, 6.45) is 3.73. The van der Waals surface area contributed by atoms with Gasteiger partial charge in [-0.05, 0) is 49.3 Å². The largest absolute Gasteiger partial charge is 0.355 e. The van der Waals surface area contributed by atoms with Crippen LogP contribution >= 0.6 is 11.3 Å². The number of hydrogen-bond acceptors (Lipinski definition) is 6. The molecular formula is C21H21N5OS. The van der Waals surface area contributed by atoms with Crippen LogP contribution in [-0.4, -0.2) is 32.6 Å². The number of rotatable bonds is 3. The SMILES string of the molecule is Cc1nc2ccccc2c(=O)n1CC1CCN(c2ncnc3ccsc23)CC1. The number of nitrogens with zero attached hydrogens (tertiary/aromatic N) is 5. The van der Waals surface area contributed by atoms with Crippen molar-refractivity contribution in [3.8, 4) is 0 Å². The summed E-state index contributed by atoms with van der Waals surface area (Å²) in [5.74, 6) is 2.30. The number of para-hydroxylation sites is 1. The summed E-state index contributed by atoms with van der Waals surface area (Å²) in [6, 6.07) is 9.63. The van der Waals surface area contributed by atoms with E-state index in [0.717, 1.165) is 59.9 Å². The molecule has 3 aromatic heterocycles. The summed E-state index contributed by atoms with van der Waals surface area (Å²) in [6.45, 7) is 4.55. The Hall–Kier alpha value is -2.80. The third-order valence-corrected chi connectivity index (χ3v) is 6.53. The van der Waals surface area contributed by atoms with Crippen LogP contribution in [0, 0.1) is 12.8 Å². The van der Waals surface area contributed by atoms with Gasteiger partial charge in [0.2, 0.25) is 0 Å². The minimum absolute atomic E-state index is 0.0709. The number of hydrogen-bond donors (Lipinski definition) is 0. The number of aromatic nitrogens is 4. The minimum atomic E-state index is 0.0709. The third kappa shape index (κ3) is 2.96. The molecule has 0 saturated carbocycles. The maximum atomic E-state index is 12.9. The van der Waals surface area contributed by atoms with Crippen LogP contribution in [0.1, 0.15) is 18.7 Å². The first-order valence-corrected chi connectivity index (χ1v) is 10.5. The lowest BCUT2D eigenvalue weighted by Crippen LogP contribution is -2.37. The Labute approximate surface area is 166 Å². The fourth-order valence-corrected chi connectivity index (χ4v) is 4.94. The lowest BCUT2D eigenvalue weighted by atomic mass is 9.96. The smallest absolute Gasteiger partial charge is 0.261 e. The molecular weight excluding hydrogens is 370 g/mol. The summed E-state index contributed by atoms with van der Waals surface area (Å²) in [5.41, 5.74) is 1.86. The van der Waals surface area contributed by atoms with E-state index in [-0.39, 0.29) is 5.56 Å². The van der Waals surface area contributed by atoms with Crippen molar-refractivity contribution in [2.24, 2.45) is 5.92 Å². The van der Waals surface area contributed by atoms with Crippen LogP contribution in [-0.2, 0) is 6.54 Å². The lowest BCUT2D eigenvalue weighted by Gasteiger charge is -2.33. The molecule has 0 amide bonds. The van der Waals surface area contributed by atoms with E-state index >= 15 is 0 Å². The van der Waals surface area contributed by atoms with Crippen molar-refractivity contribution >= 4 is 38.3 Å². The highest BCUT2D eigenvalue weighted by Crippen LogP contribution is 2.31. The van der Waals surface area contributed by atoms with Gasteiger partial charge in [0.15, 0.2) is 0 Å². The summed E-state index contributed by atoms with van der Waals surface area (Å²) in [5, 5.41) is 2.77. The van der Waals surface area contributed by atoms with Gasteiger partial charge in [-0.15, -0.1) is 11.3 Å². The Morgan fingerprint density at radius 3 is 2.79 bits per heavy atom. The second-order valence-corrected chi connectivity index (χ2v) is 8.27. The predicted octanol–water partition coefficient (Wildman–Crippen LogP) is 3.63. The van der Waals surface area contributed by atoms with Crippen molar-refractivity contribution in [2.45, 2.75) is 26.3 Å². The Balaban J connectivity index is 1.35. The van der Waals surface area contributed by atoms with Gasteiger partial charge in [-0.25, -0.2) is 15.0 Å². The predicted molar refractivity (Wildman–Crippen MR) is 113 cm³/mol. The van der Waals surface area contributed by atoms with Crippen molar-refractivity contribution in [3.63, 3.8) is 0 Å². The fraction of sp³-hybridized carbons (Fsp3) is 0.333. The fourth-order valence-electron chi connectivity index (χ4n) is 4.08. The third-order valence-electron chi connectivity index (χ3n) is 5.63. The van der Waals surface area contributed by atoms with E-state index in [9.17, 15) is 4.79 Å². The first-order valence-electron chi connectivity index (χ1n) is 9.60. The molecule has 0 bridgehead atoms. The van der Waals surface area contributed by atoms with Gasteiger partial charge in [-0.2, -0.15) is 0 Å². The van der Waals surface area contributed by atoms with E-state index in [2.05, 4.69) is 25.2 Å². The molecule has 28 heavy (non-hydrogen) atoms. The standard InChI is InChI=1S/C21H21N5OS/c1-14-24-17-5-3-2-4-16(17)21(27)26(14)12-15-6-9-25(10-7-15)20-19-18(8-11-28-19)22-13-23-20/h2-5,8,11,13,15H,6-7,9-10,12H2,1H3. The van der Waals surface area contributed by atoms with E-state index in [1.54, 1.807) is 17.7 Å². The monoisotopic (exact) mass is 391 g/mol. The topological polar surface area (TPSA) is 63.9 Å². The zero-order chi connectivity index (χ0) is 19.1. The number of benzene rings is 1. The first-order chi connectivity index (χ1) is 13.7. The normalized spacial score (nSPS) is 15.5. The Morgan fingerprint density at radius 1 is 1.11 bits per heavy atom. The molecule has 1 fully saturated rings. The average Bonchev–Trinajstić information content (AvgIpc) is 3.21. The number of piperidine rings is 1. The highest BCUT2D eigenvalue weighted by Gasteiger charge is 2.23. The van der Waals surface area contributed by atoms with Crippen molar-refractivity contribution in [3.05, 3.63) is 58.2 Å². The molecule has 0 atom stereocenters. The molecule has 0 spiro atoms. The van der Waals surface area contributed by atoms with Gasteiger partial charge in [0.1, 0.15) is 18.0 Å². The lowest BCUT2D eigenvalue weighted by molar-refractivity contribution is 0.348. The molecule has 6 nitrogen and oxygen atoms in total. The van der Waals surface area contributed by atoms with Gasteiger partial charge in [-0.1, -0.05) is 12.1 Å². The Bertz CT molecular complexity index is 1210. The van der Waals surface area contributed by atoms with Gasteiger partial charge in [-0.3, -0.25) is 9.36 Å². The summed E-state index contributed by atoms with van der Waals surface area (Å²) in [7, 11) is 0. The Morgan fingerprint density at radius 2 is 1.93 bits per heavy atom. The Kier molecular flexibility index (Phi) is 4.31. The van der Waals surface area contributed by atoms with Gasteiger partial charge >= 0.3 is 0 Å². The van der Waals surface area contributed by atoms with E-state index in [1.807, 2.05) is 41.8 Å². The van der Waals surface area contributed by atoms with E-state index in [0.29, 0.717) is 11.3 Å². The average molecular weight is 392 g/mol. The summed E-state index contributed by atoms with van der Waals surface area (Å²) in [4.78, 5) is 28.8. The van der Waals surface area contributed by atoms with Crippen LogP contribution in [0.2, 0.25) is 0 Å². The molecule has 0 unspecified atom stereocenters. The molecule has 5 rings (SSSR count). The quantitative estimate of drug-likeness (QED) is 0.534. The van der Waals surface area contributed by atoms with Crippen LogP contribution < -0.4 is 10.5 Å². The molecule has 7 heteroatoms. The van der Waals surface area contributed by atoms with E-state index in [1.165, 1.54) is 0 Å². The van der Waals surface area contributed by atoms with Crippen molar-refractivity contribution in [1.29, 1.82) is 0 Å². The molecule has 1 saturated heterocycles. The van der Waals surface area contributed by atoms with Gasteiger partial charge in [0, 0.05) is 19.6 Å². The first kappa shape index (κ1) is 17.3. The van der Waals surface area contributed by atoms with Crippen molar-refractivity contribution in [2.75, 3.05) is 18.0 Å². The van der Waals surface area contributed by atoms with E-state index < -0.39 is 0 Å². The zero-order valence-corrected chi connectivity index (χ0v) is 16.5. The van der Waals surface area contributed by atoms with Crippen molar-refractivity contribution < 1.29 is 0 Å². The summed E-state index contributed by atoms with van der Waals surface area (Å²) >= 11 is 1.70. The molecule has 0 radical (unpaired) electrons. The second kappa shape index (κ2) is 6.98. The molecule has 4 heterocycles. The number of thiophene rings is 1. The van der Waals surface area contributed by atoms with Gasteiger partial charge in [0.25, 0.3) is 5.56 Å². The van der Waals surface area contributed by atoms with Crippen LogP contribution in [0.25, 0.3) is 21.1 Å². The van der Waals surface area contributed by atoms with Crippen molar-refractivity contribution in [1.82, 2.24) is 19.5 Å². The van der Waals surface area contributed by atoms with Crippen LogP contribution in [0.4, 0.5) is 5.82 Å². The molecule has 1 aliphatic rings. The van der Waals surface area contributed by atoms with Crippen LogP contribution in [0.3, 0.4) is 0 Å². The second-order valence-electron chi connectivity index (χ2n) is 7.35. The highest BCUT2D eigenvalue weighted by molar-refractivity contribution is 7.17. The number of fused-ring (bicyclic) bond motifs is 2. The molecule has 1 aromatic carbocycles. The number of anilines is 1. The molecule has 142 valence electrons.